The van der Waals surface area contributed by atoms with Gasteiger partial charge in [0.15, 0.2) is 0 Å². The van der Waals surface area contributed by atoms with Gasteiger partial charge in [-0.15, -0.1) is 0 Å². The second kappa shape index (κ2) is 3.48. The SMILES string of the molecule is O=[N+]([O-])c1ccc(Br)c(I)c1. The summed E-state index contributed by atoms with van der Waals surface area (Å²) in [5, 5.41) is 10.3. The van der Waals surface area contributed by atoms with Gasteiger partial charge in [0.2, 0.25) is 0 Å². The zero-order valence-electron chi connectivity index (χ0n) is 5.25. The molecule has 58 valence electrons. The number of hydrogen-bond acceptors (Lipinski definition) is 2. The number of nitro benzene ring substituents is 1. The van der Waals surface area contributed by atoms with Gasteiger partial charge >= 0.3 is 0 Å². The molecule has 0 aliphatic carbocycles. The lowest BCUT2D eigenvalue weighted by atomic mass is 10.3. The van der Waals surface area contributed by atoms with Crippen LogP contribution in [0, 0.1) is 13.7 Å². The molecule has 0 saturated carbocycles. The Bertz CT molecular complexity index is 303. The number of halogens is 2. The standard InChI is InChI=1S/C6H3BrINO2/c7-5-2-1-4(9(10)11)3-6(5)8/h1-3H. The van der Waals surface area contributed by atoms with Crippen LogP contribution in [-0.2, 0) is 0 Å². The molecule has 0 spiro atoms. The van der Waals surface area contributed by atoms with Gasteiger partial charge in [0.1, 0.15) is 0 Å². The molecule has 0 amide bonds. The van der Waals surface area contributed by atoms with E-state index in [4.69, 9.17) is 0 Å². The Labute approximate surface area is 85.2 Å². The molecule has 0 aromatic heterocycles. The molecule has 11 heavy (non-hydrogen) atoms. The van der Waals surface area contributed by atoms with Crippen LogP contribution in [0.3, 0.4) is 0 Å². The van der Waals surface area contributed by atoms with E-state index in [0.717, 1.165) is 8.04 Å². The molecule has 0 radical (unpaired) electrons. The number of benzene rings is 1. The highest BCUT2D eigenvalue weighted by atomic mass is 127. The van der Waals surface area contributed by atoms with Gasteiger partial charge in [0.05, 0.1) is 4.92 Å². The highest BCUT2D eigenvalue weighted by Crippen LogP contribution is 2.23. The summed E-state index contributed by atoms with van der Waals surface area (Å²) in [5.74, 6) is 0. The molecular formula is C6H3BrINO2. The Balaban J connectivity index is 3.15. The first kappa shape index (κ1) is 8.92. The molecule has 1 rings (SSSR count). The smallest absolute Gasteiger partial charge is 0.258 e. The van der Waals surface area contributed by atoms with E-state index in [1.54, 1.807) is 6.07 Å². The fourth-order valence-corrected chi connectivity index (χ4v) is 1.34. The van der Waals surface area contributed by atoms with Crippen LogP contribution >= 0.6 is 38.5 Å². The van der Waals surface area contributed by atoms with Crippen LogP contribution < -0.4 is 0 Å². The minimum atomic E-state index is -0.408. The van der Waals surface area contributed by atoms with E-state index >= 15 is 0 Å². The fourth-order valence-electron chi connectivity index (χ4n) is 0.599. The van der Waals surface area contributed by atoms with E-state index in [1.165, 1.54) is 12.1 Å². The summed E-state index contributed by atoms with van der Waals surface area (Å²) in [6, 6.07) is 4.65. The van der Waals surface area contributed by atoms with Crippen molar-refractivity contribution in [3.63, 3.8) is 0 Å². The van der Waals surface area contributed by atoms with Crippen molar-refractivity contribution in [3.05, 3.63) is 36.4 Å². The van der Waals surface area contributed by atoms with E-state index in [-0.39, 0.29) is 5.69 Å². The summed E-state index contributed by atoms with van der Waals surface area (Å²) in [4.78, 5) is 9.84. The zero-order chi connectivity index (χ0) is 8.43. The highest BCUT2D eigenvalue weighted by Gasteiger charge is 2.06. The van der Waals surface area contributed by atoms with Crippen molar-refractivity contribution in [1.82, 2.24) is 0 Å². The number of rotatable bonds is 1. The Morgan fingerprint density at radius 1 is 1.55 bits per heavy atom. The predicted molar refractivity (Wildman–Crippen MR) is 53.5 cm³/mol. The van der Waals surface area contributed by atoms with Crippen LogP contribution in [-0.4, -0.2) is 4.92 Å². The Hall–Kier alpha value is -0.170. The van der Waals surface area contributed by atoms with Crippen molar-refractivity contribution in [3.8, 4) is 0 Å². The van der Waals surface area contributed by atoms with E-state index in [1.807, 2.05) is 22.6 Å². The third-order valence-electron chi connectivity index (χ3n) is 1.11. The van der Waals surface area contributed by atoms with E-state index in [2.05, 4.69) is 15.9 Å². The summed E-state index contributed by atoms with van der Waals surface area (Å²) >= 11 is 5.28. The summed E-state index contributed by atoms with van der Waals surface area (Å²) in [7, 11) is 0. The molecule has 1 aromatic carbocycles. The molecule has 1 aromatic rings. The van der Waals surface area contributed by atoms with E-state index < -0.39 is 4.92 Å². The Morgan fingerprint density at radius 2 is 2.18 bits per heavy atom. The highest BCUT2D eigenvalue weighted by molar-refractivity contribution is 14.1. The zero-order valence-corrected chi connectivity index (χ0v) is 9.00. The van der Waals surface area contributed by atoms with Gasteiger partial charge in [-0.2, -0.15) is 0 Å². The van der Waals surface area contributed by atoms with Crippen LogP contribution in [0.25, 0.3) is 0 Å². The Morgan fingerprint density at radius 3 is 2.64 bits per heavy atom. The van der Waals surface area contributed by atoms with Crippen LogP contribution in [0.1, 0.15) is 0 Å². The van der Waals surface area contributed by atoms with Crippen molar-refractivity contribution in [1.29, 1.82) is 0 Å². The second-order valence-corrected chi connectivity index (χ2v) is 3.87. The van der Waals surface area contributed by atoms with Crippen molar-refractivity contribution < 1.29 is 4.92 Å². The third-order valence-corrected chi connectivity index (χ3v) is 3.44. The maximum Gasteiger partial charge on any atom is 0.270 e. The van der Waals surface area contributed by atoms with Crippen molar-refractivity contribution in [2.45, 2.75) is 0 Å². The molecule has 0 aliphatic heterocycles. The van der Waals surface area contributed by atoms with Gasteiger partial charge in [0.25, 0.3) is 5.69 Å². The van der Waals surface area contributed by atoms with Crippen LogP contribution in [0.5, 0.6) is 0 Å². The fraction of sp³-hybridized carbons (Fsp3) is 0. The van der Waals surface area contributed by atoms with Crippen LogP contribution in [0.2, 0.25) is 0 Å². The van der Waals surface area contributed by atoms with Gasteiger partial charge in [0, 0.05) is 20.2 Å². The minimum Gasteiger partial charge on any atom is -0.258 e. The summed E-state index contributed by atoms with van der Waals surface area (Å²) < 4.78 is 1.72. The maximum absolute atomic E-state index is 10.3. The maximum atomic E-state index is 10.3. The minimum absolute atomic E-state index is 0.123. The lowest BCUT2D eigenvalue weighted by Gasteiger charge is -1.94. The number of non-ortho nitro benzene ring substituents is 1. The molecule has 0 atom stereocenters. The lowest BCUT2D eigenvalue weighted by molar-refractivity contribution is -0.385. The normalized spacial score (nSPS) is 9.64. The molecule has 0 unspecified atom stereocenters. The quantitative estimate of drug-likeness (QED) is 0.452. The molecule has 0 fully saturated rings. The first-order valence-electron chi connectivity index (χ1n) is 2.70. The monoisotopic (exact) mass is 327 g/mol. The summed E-state index contributed by atoms with van der Waals surface area (Å²) in [6.45, 7) is 0. The molecular weight excluding hydrogens is 325 g/mol. The molecule has 0 heterocycles. The first-order valence-corrected chi connectivity index (χ1v) is 4.58. The van der Waals surface area contributed by atoms with Crippen molar-refractivity contribution in [2.24, 2.45) is 0 Å². The van der Waals surface area contributed by atoms with Gasteiger partial charge in [-0.05, 0) is 44.6 Å². The van der Waals surface area contributed by atoms with Crippen molar-refractivity contribution in [2.75, 3.05) is 0 Å². The molecule has 0 N–H and O–H groups in total. The molecule has 0 bridgehead atoms. The molecule has 0 aliphatic rings. The van der Waals surface area contributed by atoms with Gasteiger partial charge in [-0.3, -0.25) is 10.1 Å². The van der Waals surface area contributed by atoms with Gasteiger partial charge in [-0.25, -0.2) is 0 Å². The summed E-state index contributed by atoms with van der Waals surface area (Å²) in [6.07, 6.45) is 0. The van der Waals surface area contributed by atoms with Crippen molar-refractivity contribution >= 4 is 44.2 Å². The summed E-state index contributed by atoms with van der Waals surface area (Å²) in [5.41, 5.74) is 0.123. The van der Waals surface area contributed by atoms with Gasteiger partial charge < -0.3 is 0 Å². The first-order chi connectivity index (χ1) is 5.11. The van der Waals surface area contributed by atoms with E-state index in [0.29, 0.717) is 0 Å². The lowest BCUT2D eigenvalue weighted by Crippen LogP contribution is -1.87. The third kappa shape index (κ3) is 2.13. The Kier molecular flexibility index (Phi) is 2.83. The van der Waals surface area contributed by atoms with E-state index in [9.17, 15) is 10.1 Å². The van der Waals surface area contributed by atoms with Crippen LogP contribution in [0.15, 0.2) is 22.7 Å². The van der Waals surface area contributed by atoms with Crippen LogP contribution in [0.4, 0.5) is 5.69 Å². The molecule has 0 saturated heterocycles. The molecule has 5 heteroatoms. The van der Waals surface area contributed by atoms with Gasteiger partial charge in [-0.1, -0.05) is 0 Å². The topological polar surface area (TPSA) is 43.1 Å². The number of nitro groups is 1. The molecule has 3 nitrogen and oxygen atoms in total. The largest absolute Gasteiger partial charge is 0.270 e. The average Bonchev–Trinajstić information content (AvgIpc) is 1.94. The number of hydrogen-bond donors (Lipinski definition) is 0. The number of nitrogens with zero attached hydrogens (tertiary/aromatic N) is 1. The predicted octanol–water partition coefficient (Wildman–Crippen LogP) is 2.96. The average molecular weight is 328 g/mol. The second-order valence-electron chi connectivity index (χ2n) is 1.86.